The zero-order valence-electron chi connectivity index (χ0n) is 12.2. The van der Waals surface area contributed by atoms with E-state index in [1.165, 1.54) is 7.11 Å². The minimum absolute atomic E-state index is 0.118. The molecular formula is C15H20N2O3S. The maximum atomic E-state index is 11.9. The maximum Gasteiger partial charge on any atom is 0.315 e. The molecule has 1 atom stereocenters. The van der Waals surface area contributed by atoms with Crippen LogP contribution in [0.25, 0.3) is 0 Å². The Morgan fingerprint density at radius 2 is 2.00 bits per heavy atom. The van der Waals surface area contributed by atoms with Crippen LogP contribution >= 0.6 is 11.8 Å². The van der Waals surface area contributed by atoms with Crippen LogP contribution in [0.3, 0.4) is 0 Å². The Morgan fingerprint density at radius 3 is 2.52 bits per heavy atom. The minimum atomic E-state index is -0.382. The predicted molar refractivity (Wildman–Crippen MR) is 82.3 cm³/mol. The van der Waals surface area contributed by atoms with E-state index in [9.17, 15) is 9.59 Å². The van der Waals surface area contributed by atoms with E-state index in [0.29, 0.717) is 0 Å². The van der Waals surface area contributed by atoms with Crippen molar-refractivity contribution >= 4 is 23.8 Å². The number of benzene rings is 1. The van der Waals surface area contributed by atoms with Crippen LogP contribution in [0.1, 0.15) is 30.9 Å². The summed E-state index contributed by atoms with van der Waals surface area (Å²) in [6, 6.07) is 7.47. The van der Waals surface area contributed by atoms with Crippen molar-refractivity contribution < 1.29 is 14.3 Å². The summed E-state index contributed by atoms with van der Waals surface area (Å²) in [6.07, 6.45) is 4.17. The van der Waals surface area contributed by atoms with Crippen LogP contribution in [-0.2, 0) is 9.53 Å². The fraction of sp³-hybridized carbons (Fsp3) is 0.467. The summed E-state index contributed by atoms with van der Waals surface area (Å²) in [5, 5.41) is 5.71. The van der Waals surface area contributed by atoms with Gasteiger partial charge in [0.05, 0.1) is 19.6 Å². The van der Waals surface area contributed by atoms with E-state index >= 15 is 0 Å². The van der Waals surface area contributed by atoms with Gasteiger partial charge in [-0.25, -0.2) is 4.79 Å². The second-order valence-electron chi connectivity index (χ2n) is 5.00. The molecule has 0 aromatic heterocycles. The number of thioether (sulfide) groups is 1. The highest BCUT2D eigenvalue weighted by molar-refractivity contribution is 7.98. The normalized spacial score (nSPS) is 15.1. The first-order valence-corrected chi connectivity index (χ1v) is 8.12. The zero-order chi connectivity index (χ0) is 15.2. The summed E-state index contributed by atoms with van der Waals surface area (Å²) < 4.78 is 4.71. The molecule has 0 spiro atoms. The Bertz CT molecular complexity index is 500. The van der Waals surface area contributed by atoms with Crippen molar-refractivity contribution in [2.24, 2.45) is 0 Å². The van der Waals surface area contributed by atoms with Gasteiger partial charge in [-0.1, -0.05) is 12.1 Å². The smallest absolute Gasteiger partial charge is 0.315 e. The lowest BCUT2D eigenvalue weighted by Gasteiger charge is -2.19. The van der Waals surface area contributed by atoms with Gasteiger partial charge in [-0.15, -0.1) is 11.8 Å². The van der Waals surface area contributed by atoms with E-state index in [1.807, 2.05) is 30.5 Å². The summed E-state index contributed by atoms with van der Waals surface area (Å²) in [6.45, 7) is 0. The quantitative estimate of drug-likeness (QED) is 0.626. The number of urea groups is 1. The number of hydrogen-bond donors (Lipinski definition) is 2. The molecule has 6 heteroatoms. The van der Waals surface area contributed by atoms with E-state index in [2.05, 4.69) is 10.6 Å². The zero-order valence-corrected chi connectivity index (χ0v) is 13.0. The van der Waals surface area contributed by atoms with Gasteiger partial charge in [0.25, 0.3) is 0 Å². The van der Waals surface area contributed by atoms with Gasteiger partial charge in [0.15, 0.2) is 0 Å². The Hall–Kier alpha value is -1.69. The number of rotatable bonds is 6. The Balaban J connectivity index is 2.05. The number of carbonyl (C=O) groups is 2. The highest BCUT2D eigenvalue weighted by atomic mass is 32.2. The van der Waals surface area contributed by atoms with Crippen molar-refractivity contribution in [2.75, 3.05) is 13.4 Å². The van der Waals surface area contributed by atoms with E-state index in [0.717, 1.165) is 23.3 Å². The predicted octanol–water partition coefficient (Wildman–Crippen LogP) is 2.47. The molecule has 1 fully saturated rings. The summed E-state index contributed by atoms with van der Waals surface area (Å²) in [4.78, 5) is 24.6. The molecule has 2 rings (SSSR count). The highest BCUT2D eigenvalue weighted by Gasteiger charge is 2.25. The van der Waals surface area contributed by atoms with Gasteiger partial charge in [-0.05, 0) is 36.8 Å². The molecule has 0 radical (unpaired) electrons. The second-order valence-corrected chi connectivity index (χ2v) is 5.88. The number of amides is 2. The van der Waals surface area contributed by atoms with Crippen molar-refractivity contribution in [1.29, 1.82) is 0 Å². The van der Waals surface area contributed by atoms with Crippen LogP contribution in [0.4, 0.5) is 4.79 Å². The summed E-state index contributed by atoms with van der Waals surface area (Å²) >= 11 is 1.65. The molecule has 0 bridgehead atoms. The average Bonchev–Trinajstić information content (AvgIpc) is 3.30. The van der Waals surface area contributed by atoms with Gasteiger partial charge in [-0.3, -0.25) is 4.79 Å². The SMILES string of the molecule is COC(=O)C[C@H](NC(=O)NC1CC1)c1ccc(SC)cc1. The van der Waals surface area contributed by atoms with Crippen LogP contribution in [0, 0.1) is 0 Å². The van der Waals surface area contributed by atoms with Crippen molar-refractivity contribution in [2.45, 2.75) is 36.2 Å². The van der Waals surface area contributed by atoms with E-state index in [-0.39, 0.29) is 30.5 Å². The molecule has 0 saturated heterocycles. The molecule has 2 amide bonds. The monoisotopic (exact) mass is 308 g/mol. The number of hydrogen-bond acceptors (Lipinski definition) is 4. The topological polar surface area (TPSA) is 67.4 Å². The maximum absolute atomic E-state index is 11.9. The fourth-order valence-electron chi connectivity index (χ4n) is 1.95. The molecule has 0 heterocycles. The number of methoxy groups -OCH3 is 1. The molecule has 21 heavy (non-hydrogen) atoms. The first kappa shape index (κ1) is 15.7. The van der Waals surface area contributed by atoms with Gasteiger partial charge in [0.1, 0.15) is 0 Å². The second kappa shape index (κ2) is 7.36. The third-order valence-electron chi connectivity index (χ3n) is 3.33. The molecular weight excluding hydrogens is 288 g/mol. The van der Waals surface area contributed by atoms with Crippen molar-refractivity contribution in [3.8, 4) is 0 Å². The third-order valence-corrected chi connectivity index (χ3v) is 4.08. The molecule has 2 N–H and O–H groups in total. The van der Waals surface area contributed by atoms with Gasteiger partial charge in [-0.2, -0.15) is 0 Å². The third kappa shape index (κ3) is 4.97. The lowest BCUT2D eigenvalue weighted by molar-refractivity contribution is -0.141. The van der Waals surface area contributed by atoms with Gasteiger partial charge < -0.3 is 15.4 Å². The van der Waals surface area contributed by atoms with Crippen LogP contribution in [0.15, 0.2) is 29.2 Å². The standard InChI is InChI=1S/C15H20N2O3S/c1-20-14(18)9-13(17-15(19)16-11-5-6-11)10-3-7-12(21-2)8-4-10/h3-4,7-8,11,13H,5-6,9H2,1-2H3,(H2,16,17,19)/t13-/m0/s1. The van der Waals surface area contributed by atoms with E-state index in [4.69, 9.17) is 4.74 Å². The molecule has 1 aliphatic carbocycles. The Kier molecular flexibility index (Phi) is 5.50. The molecule has 0 unspecified atom stereocenters. The summed E-state index contributed by atoms with van der Waals surface area (Å²) in [7, 11) is 1.35. The van der Waals surface area contributed by atoms with Crippen LogP contribution in [0.2, 0.25) is 0 Å². The van der Waals surface area contributed by atoms with Crippen LogP contribution < -0.4 is 10.6 Å². The molecule has 1 aliphatic rings. The first-order valence-electron chi connectivity index (χ1n) is 6.90. The molecule has 114 valence electrons. The lowest BCUT2D eigenvalue weighted by atomic mass is 10.0. The lowest BCUT2D eigenvalue weighted by Crippen LogP contribution is -2.39. The molecule has 1 aromatic rings. The molecule has 1 saturated carbocycles. The largest absolute Gasteiger partial charge is 0.469 e. The molecule has 5 nitrogen and oxygen atoms in total. The van der Waals surface area contributed by atoms with E-state index in [1.54, 1.807) is 11.8 Å². The highest BCUT2D eigenvalue weighted by Crippen LogP contribution is 2.22. The van der Waals surface area contributed by atoms with E-state index < -0.39 is 0 Å². The van der Waals surface area contributed by atoms with Gasteiger partial charge in [0.2, 0.25) is 0 Å². The Morgan fingerprint density at radius 1 is 1.33 bits per heavy atom. The Labute approximate surface area is 128 Å². The van der Waals surface area contributed by atoms with Gasteiger partial charge in [0, 0.05) is 10.9 Å². The van der Waals surface area contributed by atoms with Gasteiger partial charge >= 0.3 is 12.0 Å². The van der Waals surface area contributed by atoms with Crippen LogP contribution in [0.5, 0.6) is 0 Å². The van der Waals surface area contributed by atoms with Crippen molar-refractivity contribution in [3.05, 3.63) is 29.8 Å². The molecule has 1 aromatic carbocycles. The number of esters is 1. The number of nitrogens with one attached hydrogen (secondary N) is 2. The molecule has 0 aliphatic heterocycles. The number of carbonyl (C=O) groups excluding carboxylic acids is 2. The number of ether oxygens (including phenoxy) is 1. The first-order chi connectivity index (χ1) is 10.1. The van der Waals surface area contributed by atoms with Crippen molar-refractivity contribution in [3.63, 3.8) is 0 Å². The van der Waals surface area contributed by atoms with Crippen molar-refractivity contribution in [1.82, 2.24) is 10.6 Å². The summed E-state index contributed by atoms with van der Waals surface area (Å²) in [5.41, 5.74) is 0.893. The average molecular weight is 308 g/mol. The fourth-order valence-corrected chi connectivity index (χ4v) is 2.36. The van der Waals surface area contributed by atoms with Crippen LogP contribution in [-0.4, -0.2) is 31.4 Å². The minimum Gasteiger partial charge on any atom is -0.469 e. The summed E-state index contributed by atoms with van der Waals surface area (Å²) in [5.74, 6) is -0.347.